The smallest absolute Gasteiger partial charge is 0.314 e. The normalized spacial score (nSPS) is 11.4. The predicted molar refractivity (Wildman–Crippen MR) is 78.4 cm³/mol. The van der Waals surface area contributed by atoms with Crippen molar-refractivity contribution in [1.29, 1.82) is 0 Å². The maximum atomic E-state index is 11.5. The van der Waals surface area contributed by atoms with Crippen LogP contribution >= 0.6 is 0 Å². The van der Waals surface area contributed by atoms with E-state index in [2.05, 4.69) is 15.7 Å². The Morgan fingerprint density at radius 3 is 2.70 bits per heavy atom. The molecular weight excluding hydrogens is 256 g/mol. The van der Waals surface area contributed by atoms with Crippen LogP contribution in [0.5, 0.6) is 0 Å². The monoisotopic (exact) mass is 282 g/mol. The molecule has 1 aromatic heterocycles. The third-order valence-electron chi connectivity index (χ3n) is 3.20. The van der Waals surface area contributed by atoms with Crippen LogP contribution in [0, 0.1) is 5.41 Å². The second-order valence-corrected chi connectivity index (χ2v) is 5.88. The summed E-state index contributed by atoms with van der Waals surface area (Å²) in [7, 11) is 1.87. The fourth-order valence-electron chi connectivity index (χ4n) is 1.83. The minimum Gasteiger partial charge on any atom is -0.396 e. The Morgan fingerprint density at radius 1 is 1.40 bits per heavy atom. The molecule has 1 rings (SSSR count). The zero-order chi connectivity index (χ0) is 15.0. The van der Waals surface area contributed by atoms with Gasteiger partial charge < -0.3 is 15.7 Å². The molecule has 0 saturated carbocycles. The summed E-state index contributed by atoms with van der Waals surface area (Å²) >= 11 is 0. The van der Waals surface area contributed by atoms with E-state index >= 15 is 0 Å². The molecule has 0 aliphatic carbocycles. The molecule has 0 unspecified atom stereocenters. The van der Waals surface area contributed by atoms with E-state index in [4.69, 9.17) is 5.11 Å². The van der Waals surface area contributed by atoms with Gasteiger partial charge in [0.05, 0.1) is 6.20 Å². The van der Waals surface area contributed by atoms with Crippen LogP contribution in [0.4, 0.5) is 4.79 Å². The number of aliphatic hydroxyl groups excluding tert-OH is 1. The van der Waals surface area contributed by atoms with Gasteiger partial charge in [-0.1, -0.05) is 13.8 Å². The van der Waals surface area contributed by atoms with Crippen molar-refractivity contribution < 1.29 is 9.90 Å². The molecule has 0 spiro atoms. The zero-order valence-electron chi connectivity index (χ0n) is 12.6. The first kappa shape index (κ1) is 16.5. The first-order chi connectivity index (χ1) is 9.43. The molecule has 6 heteroatoms. The van der Waals surface area contributed by atoms with E-state index in [1.54, 1.807) is 10.9 Å². The number of carbonyl (C=O) groups is 1. The van der Waals surface area contributed by atoms with E-state index in [1.807, 2.05) is 27.1 Å². The van der Waals surface area contributed by atoms with Gasteiger partial charge in [-0.25, -0.2) is 4.79 Å². The zero-order valence-corrected chi connectivity index (χ0v) is 12.6. The molecular formula is C14H26N4O2. The lowest BCUT2D eigenvalue weighted by atomic mass is 9.89. The van der Waals surface area contributed by atoms with Gasteiger partial charge in [-0.05, 0) is 30.2 Å². The van der Waals surface area contributed by atoms with Gasteiger partial charge in [0, 0.05) is 32.9 Å². The molecule has 0 saturated heterocycles. The van der Waals surface area contributed by atoms with Crippen LogP contribution in [0.25, 0.3) is 0 Å². The number of hydrogen-bond donors (Lipinski definition) is 3. The number of amides is 2. The summed E-state index contributed by atoms with van der Waals surface area (Å²) in [5.74, 6) is 0. The molecule has 6 nitrogen and oxygen atoms in total. The van der Waals surface area contributed by atoms with Gasteiger partial charge in [0.2, 0.25) is 0 Å². The molecule has 0 aliphatic heterocycles. The Morgan fingerprint density at radius 2 is 2.10 bits per heavy atom. The number of aryl methyl sites for hydroxylation is 1. The van der Waals surface area contributed by atoms with Crippen LogP contribution in [0.3, 0.4) is 0 Å². The molecule has 1 heterocycles. The Balaban J connectivity index is 2.06. The molecule has 0 aromatic carbocycles. The summed E-state index contributed by atoms with van der Waals surface area (Å²) in [4.78, 5) is 11.5. The Labute approximate surface area is 120 Å². The Bertz CT molecular complexity index is 415. The number of hydrogen-bond acceptors (Lipinski definition) is 3. The minimum absolute atomic E-state index is 0.0710. The Kier molecular flexibility index (Phi) is 6.51. The second kappa shape index (κ2) is 7.89. The number of carbonyl (C=O) groups excluding carboxylic acids is 1. The lowest BCUT2D eigenvalue weighted by molar-refractivity contribution is 0.148. The van der Waals surface area contributed by atoms with Crippen molar-refractivity contribution in [3.8, 4) is 0 Å². The van der Waals surface area contributed by atoms with Gasteiger partial charge in [-0.15, -0.1) is 0 Å². The SMILES string of the molecule is Cn1cc(CCNC(=O)NCCCC(C)(C)CO)cn1. The molecule has 0 aliphatic rings. The van der Waals surface area contributed by atoms with Crippen LogP contribution in [-0.4, -0.2) is 40.6 Å². The third-order valence-corrected chi connectivity index (χ3v) is 3.20. The van der Waals surface area contributed by atoms with Crippen molar-refractivity contribution in [2.24, 2.45) is 12.5 Å². The summed E-state index contributed by atoms with van der Waals surface area (Å²) < 4.78 is 1.75. The largest absolute Gasteiger partial charge is 0.396 e. The van der Waals surface area contributed by atoms with Gasteiger partial charge >= 0.3 is 6.03 Å². The molecule has 0 fully saturated rings. The van der Waals surface area contributed by atoms with Crippen molar-refractivity contribution in [3.05, 3.63) is 18.0 Å². The summed E-state index contributed by atoms with van der Waals surface area (Å²) in [6, 6.07) is -0.143. The highest BCUT2D eigenvalue weighted by Crippen LogP contribution is 2.20. The molecule has 2 amide bonds. The number of urea groups is 1. The first-order valence-corrected chi connectivity index (χ1v) is 7.03. The lowest BCUT2D eigenvalue weighted by Gasteiger charge is -2.21. The topological polar surface area (TPSA) is 79.2 Å². The number of nitrogens with zero attached hydrogens (tertiary/aromatic N) is 2. The fourth-order valence-corrected chi connectivity index (χ4v) is 1.83. The van der Waals surface area contributed by atoms with Crippen molar-refractivity contribution >= 4 is 6.03 Å². The van der Waals surface area contributed by atoms with Crippen LogP contribution in [0.1, 0.15) is 32.3 Å². The summed E-state index contributed by atoms with van der Waals surface area (Å²) in [5.41, 5.74) is 1.04. The average Bonchev–Trinajstić information content (AvgIpc) is 2.80. The maximum Gasteiger partial charge on any atom is 0.314 e. The van der Waals surface area contributed by atoms with Gasteiger partial charge in [0.15, 0.2) is 0 Å². The molecule has 1 aromatic rings. The van der Waals surface area contributed by atoms with E-state index in [0.29, 0.717) is 13.1 Å². The summed E-state index contributed by atoms with van der Waals surface area (Å²) in [6.07, 6.45) is 6.27. The van der Waals surface area contributed by atoms with Crippen LogP contribution in [0.2, 0.25) is 0 Å². The predicted octanol–water partition coefficient (Wildman–Crippen LogP) is 1.06. The van der Waals surface area contributed by atoms with E-state index in [-0.39, 0.29) is 18.1 Å². The minimum atomic E-state index is -0.143. The van der Waals surface area contributed by atoms with Crippen molar-refractivity contribution in [1.82, 2.24) is 20.4 Å². The van der Waals surface area contributed by atoms with Crippen molar-refractivity contribution in [3.63, 3.8) is 0 Å². The molecule has 20 heavy (non-hydrogen) atoms. The first-order valence-electron chi connectivity index (χ1n) is 7.03. The molecule has 3 N–H and O–H groups in total. The van der Waals surface area contributed by atoms with Crippen LogP contribution in [-0.2, 0) is 13.5 Å². The highest BCUT2D eigenvalue weighted by Gasteiger charge is 2.15. The van der Waals surface area contributed by atoms with E-state index in [0.717, 1.165) is 24.8 Å². The van der Waals surface area contributed by atoms with Crippen LogP contribution in [0.15, 0.2) is 12.4 Å². The highest BCUT2D eigenvalue weighted by molar-refractivity contribution is 5.73. The van der Waals surface area contributed by atoms with E-state index in [1.165, 1.54) is 0 Å². The molecule has 0 atom stereocenters. The highest BCUT2D eigenvalue weighted by atomic mass is 16.3. The lowest BCUT2D eigenvalue weighted by Crippen LogP contribution is -2.37. The molecule has 0 radical (unpaired) electrons. The number of aliphatic hydroxyl groups is 1. The van der Waals surface area contributed by atoms with Gasteiger partial charge in [0.1, 0.15) is 0 Å². The third kappa shape index (κ3) is 6.56. The summed E-state index contributed by atoms with van der Waals surface area (Å²) in [5, 5.41) is 18.8. The van der Waals surface area contributed by atoms with Gasteiger partial charge in [-0.2, -0.15) is 5.10 Å². The van der Waals surface area contributed by atoms with E-state index in [9.17, 15) is 4.79 Å². The quantitative estimate of drug-likeness (QED) is 0.624. The standard InChI is InChI=1S/C14H26N4O2/c1-14(2,11-19)6-4-7-15-13(20)16-8-5-12-9-17-18(3)10-12/h9-10,19H,4-8,11H2,1-3H3,(H2,15,16,20). The van der Waals surface area contributed by atoms with Gasteiger partial charge in [0.25, 0.3) is 0 Å². The molecule has 114 valence electrons. The van der Waals surface area contributed by atoms with Gasteiger partial charge in [-0.3, -0.25) is 4.68 Å². The van der Waals surface area contributed by atoms with E-state index < -0.39 is 0 Å². The van der Waals surface area contributed by atoms with Crippen molar-refractivity contribution in [2.45, 2.75) is 33.1 Å². The second-order valence-electron chi connectivity index (χ2n) is 5.88. The number of nitrogens with one attached hydrogen (secondary N) is 2. The Hall–Kier alpha value is -1.56. The number of rotatable bonds is 8. The fraction of sp³-hybridized carbons (Fsp3) is 0.714. The summed E-state index contributed by atoms with van der Waals surface area (Å²) in [6.45, 7) is 5.42. The van der Waals surface area contributed by atoms with Crippen LogP contribution < -0.4 is 10.6 Å². The number of aromatic nitrogens is 2. The van der Waals surface area contributed by atoms with Crippen molar-refractivity contribution in [2.75, 3.05) is 19.7 Å². The average molecular weight is 282 g/mol. The maximum absolute atomic E-state index is 11.5. The molecule has 0 bridgehead atoms.